The fourth-order valence-corrected chi connectivity index (χ4v) is 3.04. The highest BCUT2D eigenvalue weighted by Gasteiger charge is 2.23. The van der Waals surface area contributed by atoms with E-state index in [1.165, 1.54) is 0 Å². The molecule has 0 bridgehead atoms. The van der Waals surface area contributed by atoms with Gasteiger partial charge in [0.25, 0.3) is 0 Å². The molecule has 140 valence electrons. The lowest BCUT2D eigenvalue weighted by Gasteiger charge is -2.34. The second-order valence-corrected chi connectivity index (χ2v) is 6.44. The van der Waals surface area contributed by atoms with Crippen molar-refractivity contribution in [1.29, 1.82) is 0 Å². The lowest BCUT2D eigenvalue weighted by atomic mass is 9.95. The van der Waals surface area contributed by atoms with Gasteiger partial charge < -0.3 is 20.9 Å². The summed E-state index contributed by atoms with van der Waals surface area (Å²) in [5.74, 6) is 1.89. The van der Waals surface area contributed by atoms with Crippen molar-refractivity contribution in [2.75, 3.05) is 39.1 Å². The average Bonchev–Trinajstić information content (AvgIpc) is 2.55. The zero-order chi connectivity index (χ0) is 17.5. The molecule has 1 aromatic heterocycles. The molecule has 8 heteroatoms. The van der Waals surface area contributed by atoms with E-state index >= 15 is 0 Å². The first-order valence-electron chi connectivity index (χ1n) is 8.35. The minimum atomic E-state index is -0.224. The number of halogens is 1. The number of hydrogen-bond acceptors (Lipinski definition) is 4. The van der Waals surface area contributed by atoms with E-state index in [9.17, 15) is 4.79 Å². The number of piperidine rings is 1. The van der Waals surface area contributed by atoms with E-state index in [4.69, 9.17) is 5.73 Å². The molecule has 3 N–H and O–H groups in total. The predicted molar refractivity (Wildman–Crippen MR) is 112 cm³/mol. The van der Waals surface area contributed by atoms with Crippen LogP contribution < -0.4 is 16.0 Å². The van der Waals surface area contributed by atoms with Gasteiger partial charge in [-0.15, -0.1) is 24.0 Å². The van der Waals surface area contributed by atoms with Crippen LogP contribution in [0, 0.1) is 5.92 Å². The summed E-state index contributed by atoms with van der Waals surface area (Å²) in [5.41, 5.74) is 6.49. The van der Waals surface area contributed by atoms with E-state index in [1.807, 2.05) is 31.3 Å². The molecule has 0 aliphatic carbocycles. The molecular weight excluding hydrogens is 431 g/mol. The van der Waals surface area contributed by atoms with Gasteiger partial charge in [-0.25, -0.2) is 4.98 Å². The predicted octanol–water partition coefficient (Wildman–Crippen LogP) is 1.43. The van der Waals surface area contributed by atoms with Gasteiger partial charge in [0.1, 0.15) is 5.82 Å². The SMILES string of the molecule is CN=C(NCc1ccnc(N(C)C)c1)N1CCCC(CC(N)=O)C1.I. The van der Waals surface area contributed by atoms with Crippen molar-refractivity contribution in [2.45, 2.75) is 25.8 Å². The highest BCUT2D eigenvalue weighted by Crippen LogP contribution is 2.19. The third-order valence-electron chi connectivity index (χ3n) is 4.24. The Bertz CT molecular complexity index is 592. The van der Waals surface area contributed by atoms with Crippen molar-refractivity contribution in [3.8, 4) is 0 Å². The number of nitrogens with two attached hydrogens (primary N) is 1. The van der Waals surface area contributed by atoms with Crippen LogP contribution in [-0.4, -0.2) is 56.0 Å². The number of aromatic nitrogens is 1. The maximum absolute atomic E-state index is 11.2. The number of hydrogen-bond donors (Lipinski definition) is 2. The van der Waals surface area contributed by atoms with Crippen LogP contribution in [0.4, 0.5) is 5.82 Å². The number of guanidine groups is 1. The van der Waals surface area contributed by atoms with Gasteiger partial charge in [0, 0.05) is 53.4 Å². The molecule has 1 aliphatic heterocycles. The summed E-state index contributed by atoms with van der Waals surface area (Å²) >= 11 is 0. The second kappa shape index (κ2) is 10.4. The van der Waals surface area contributed by atoms with E-state index in [1.54, 1.807) is 7.05 Å². The summed E-state index contributed by atoms with van der Waals surface area (Å²) in [5, 5.41) is 3.41. The van der Waals surface area contributed by atoms with Gasteiger partial charge in [-0.05, 0) is 36.5 Å². The summed E-state index contributed by atoms with van der Waals surface area (Å²) in [6.07, 6.45) is 4.37. The quantitative estimate of drug-likeness (QED) is 0.395. The molecular formula is C17H29IN6O. The Morgan fingerprint density at radius 2 is 2.28 bits per heavy atom. The third-order valence-corrected chi connectivity index (χ3v) is 4.24. The number of carbonyl (C=O) groups excluding carboxylic acids is 1. The van der Waals surface area contributed by atoms with E-state index in [-0.39, 0.29) is 29.9 Å². The van der Waals surface area contributed by atoms with Gasteiger partial charge >= 0.3 is 0 Å². The molecule has 1 atom stereocenters. The number of primary amides is 1. The number of nitrogens with zero attached hydrogens (tertiary/aromatic N) is 4. The third kappa shape index (κ3) is 6.68. The monoisotopic (exact) mass is 460 g/mol. The van der Waals surface area contributed by atoms with Crippen molar-refractivity contribution >= 4 is 41.7 Å². The topological polar surface area (TPSA) is 86.8 Å². The fraction of sp³-hybridized carbons (Fsp3) is 0.588. The summed E-state index contributed by atoms with van der Waals surface area (Å²) in [6.45, 7) is 2.46. The molecule has 2 rings (SSSR count). The average molecular weight is 460 g/mol. The van der Waals surface area contributed by atoms with Gasteiger partial charge in [0.15, 0.2) is 5.96 Å². The van der Waals surface area contributed by atoms with E-state index in [0.717, 1.165) is 43.3 Å². The largest absolute Gasteiger partial charge is 0.370 e. The van der Waals surface area contributed by atoms with Crippen LogP contribution in [-0.2, 0) is 11.3 Å². The molecule has 1 aliphatic rings. The van der Waals surface area contributed by atoms with Gasteiger partial charge in [-0.2, -0.15) is 0 Å². The lowest BCUT2D eigenvalue weighted by molar-refractivity contribution is -0.119. The van der Waals surface area contributed by atoms with Crippen molar-refractivity contribution in [3.63, 3.8) is 0 Å². The van der Waals surface area contributed by atoms with Gasteiger partial charge in [-0.3, -0.25) is 9.79 Å². The molecule has 1 saturated heterocycles. The Morgan fingerprint density at radius 1 is 1.52 bits per heavy atom. The number of likely N-dealkylation sites (tertiary alicyclic amines) is 1. The Morgan fingerprint density at radius 3 is 2.92 bits per heavy atom. The van der Waals surface area contributed by atoms with Gasteiger partial charge in [0.2, 0.25) is 5.91 Å². The van der Waals surface area contributed by atoms with E-state index in [0.29, 0.717) is 18.9 Å². The minimum absolute atomic E-state index is 0. The van der Waals surface area contributed by atoms with E-state index < -0.39 is 0 Å². The normalized spacial score (nSPS) is 17.6. The molecule has 1 aromatic rings. The number of aliphatic imine (C=N–C) groups is 1. The summed E-state index contributed by atoms with van der Waals surface area (Å²) < 4.78 is 0. The Hall–Kier alpha value is -1.58. The van der Waals surface area contributed by atoms with Crippen molar-refractivity contribution in [2.24, 2.45) is 16.6 Å². The molecule has 1 fully saturated rings. The number of anilines is 1. The molecule has 0 spiro atoms. The van der Waals surface area contributed by atoms with Crippen LogP contribution >= 0.6 is 24.0 Å². The van der Waals surface area contributed by atoms with Gasteiger partial charge in [0.05, 0.1) is 0 Å². The molecule has 1 amide bonds. The van der Waals surface area contributed by atoms with E-state index in [2.05, 4.69) is 26.3 Å². The highest BCUT2D eigenvalue weighted by atomic mass is 127. The molecule has 25 heavy (non-hydrogen) atoms. The van der Waals surface area contributed by atoms with Crippen LogP contribution in [0.5, 0.6) is 0 Å². The molecule has 7 nitrogen and oxygen atoms in total. The lowest BCUT2D eigenvalue weighted by Crippen LogP contribution is -2.46. The van der Waals surface area contributed by atoms with Crippen molar-refractivity contribution < 1.29 is 4.79 Å². The number of carbonyl (C=O) groups is 1. The fourth-order valence-electron chi connectivity index (χ4n) is 3.04. The minimum Gasteiger partial charge on any atom is -0.370 e. The second-order valence-electron chi connectivity index (χ2n) is 6.44. The zero-order valence-corrected chi connectivity index (χ0v) is 17.6. The number of nitrogens with one attached hydrogen (secondary N) is 1. The molecule has 1 unspecified atom stereocenters. The zero-order valence-electron chi connectivity index (χ0n) is 15.2. The van der Waals surface area contributed by atoms with Crippen LogP contribution in [0.1, 0.15) is 24.8 Å². The first kappa shape index (κ1) is 21.5. The van der Waals surface area contributed by atoms with Crippen LogP contribution in [0.2, 0.25) is 0 Å². The Balaban J connectivity index is 0.00000312. The van der Waals surface area contributed by atoms with Crippen LogP contribution in [0.3, 0.4) is 0 Å². The van der Waals surface area contributed by atoms with Crippen LogP contribution in [0.15, 0.2) is 23.3 Å². The van der Waals surface area contributed by atoms with Gasteiger partial charge in [-0.1, -0.05) is 0 Å². The standard InChI is InChI=1S/C17H28N6O.HI/c1-19-17(23-8-4-5-14(12-23)9-15(18)24)21-11-13-6-7-20-16(10-13)22(2)3;/h6-7,10,14H,4-5,8-9,11-12H2,1-3H3,(H2,18,24)(H,19,21);1H. The number of pyridine rings is 1. The maximum atomic E-state index is 11.2. The Kier molecular flexibility index (Phi) is 8.95. The molecule has 2 heterocycles. The van der Waals surface area contributed by atoms with Crippen molar-refractivity contribution in [3.05, 3.63) is 23.9 Å². The smallest absolute Gasteiger partial charge is 0.217 e. The highest BCUT2D eigenvalue weighted by molar-refractivity contribution is 14.0. The maximum Gasteiger partial charge on any atom is 0.217 e. The van der Waals surface area contributed by atoms with Crippen molar-refractivity contribution in [1.82, 2.24) is 15.2 Å². The van der Waals surface area contributed by atoms with Crippen LogP contribution in [0.25, 0.3) is 0 Å². The first-order valence-corrected chi connectivity index (χ1v) is 8.35. The summed E-state index contributed by atoms with van der Waals surface area (Å²) in [7, 11) is 5.74. The summed E-state index contributed by atoms with van der Waals surface area (Å²) in [6, 6.07) is 4.06. The summed E-state index contributed by atoms with van der Waals surface area (Å²) in [4.78, 5) is 24.1. The molecule has 0 radical (unpaired) electrons. The number of amides is 1. The number of rotatable bonds is 5. The Labute approximate surface area is 167 Å². The molecule has 0 aromatic carbocycles. The first-order chi connectivity index (χ1) is 11.5. The molecule has 0 saturated carbocycles.